The molecule has 0 N–H and O–H groups in total. The van der Waals surface area contributed by atoms with E-state index in [-0.39, 0.29) is 18.3 Å². The van der Waals surface area contributed by atoms with E-state index in [2.05, 4.69) is 13.2 Å². The number of aryl methyl sites for hydroxylation is 2. The van der Waals surface area contributed by atoms with E-state index in [1.54, 1.807) is 12.2 Å². The summed E-state index contributed by atoms with van der Waals surface area (Å²) in [5.41, 5.74) is 4.13. The van der Waals surface area contributed by atoms with Crippen molar-refractivity contribution in [2.45, 2.75) is 52.1 Å². The second-order valence-electron chi connectivity index (χ2n) is 7.77. The second kappa shape index (κ2) is 12.5. The minimum absolute atomic E-state index is 0.0324. The van der Waals surface area contributed by atoms with Gasteiger partial charge in [-0.2, -0.15) is 0 Å². The van der Waals surface area contributed by atoms with Crippen LogP contribution in [0.5, 0.6) is 0 Å². The summed E-state index contributed by atoms with van der Waals surface area (Å²) in [7, 11) is 0. The van der Waals surface area contributed by atoms with E-state index in [4.69, 9.17) is 4.74 Å². The lowest BCUT2D eigenvalue weighted by Gasteiger charge is -2.19. The van der Waals surface area contributed by atoms with Crippen molar-refractivity contribution in [2.24, 2.45) is 0 Å². The SMILES string of the molecule is C=CCC/C=C/C(=O)Cc1cc(C)cc(C)c1C(=O)O[C@@H](CC=C)Cc1ccccc1. The summed E-state index contributed by atoms with van der Waals surface area (Å²) in [5, 5.41) is 0. The van der Waals surface area contributed by atoms with E-state index in [1.165, 1.54) is 0 Å². The maximum absolute atomic E-state index is 13.2. The van der Waals surface area contributed by atoms with Crippen LogP contribution >= 0.6 is 0 Å². The summed E-state index contributed by atoms with van der Waals surface area (Å²) in [6.07, 6.45) is 9.67. The van der Waals surface area contributed by atoms with Crippen molar-refractivity contribution >= 4 is 11.8 Å². The predicted octanol–water partition coefficient (Wildman–Crippen LogP) is 6.28. The number of ketones is 1. The van der Waals surface area contributed by atoms with Gasteiger partial charge in [0.25, 0.3) is 0 Å². The first-order valence-corrected chi connectivity index (χ1v) is 10.7. The Morgan fingerprint density at radius 1 is 1.03 bits per heavy atom. The Balaban J connectivity index is 2.21. The summed E-state index contributed by atoms with van der Waals surface area (Å²) in [5.74, 6) is -0.422. The third-order valence-corrected chi connectivity index (χ3v) is 4.98. The molecule has 0 aliphatic rings. The molecule has 0 amide bonds. The Bertz CT molecular complexity index is 938. The molecule has 2 aromatic rings. The van der Waals surface area contributed by atoms with Gasteiger partial charge >= 0.3 is 5.97 Å². The lowest BCUT2D eigenvalue weighted by molar-refractivity contribution is -0.114. The zero-order chi connectivity index (χ0) is 22.6. The van der Waals surface area contributed by atoms with Gasteiger partial charge in [-0.25, -0.2) is 4.79 Å². The Labute approximate surface area is 186 Å². The number of allylic oxidation sites excluding steroid dienone is 3. The maximum Gasteiger partial charge on any atom is 0.338 e. The molecular weight excluding hydrogens is 384 g/mol. The van der Waals surface area contributed by atoms with Gasteiger partial charge in [-0.05, 0) is 49.5 Å². The van der Waals surface area contributed by atoms with Crippen LogP contribution in [0, 0.1) is 13.8 Å². The number of rotatable bonds is 12. The molecule has 162 valence electrons. The number of carbonyl (C=O) groups excluding carboxylic acids is 2. The zero-order valence-electron chi connectivity index (χ0n) is 18.6. The van der Waals surface area contributed by atoms with Gasteiger partial charge in [0, 0.05) is 19.3 Å². The normalized spacial score (nSPS) is 11.8. The zero-order valence-corrected chi connectivity index (χ0v) is 18.6. The highest BCUT2D eigenvalue weighted by atomic mass is 16.5. The van der Waals surface area contributed by atoms with Crippen LogP contribution in [0.1, 0.15) is 51.9 Å². The lowest BCUT2D eigenvalue weighted by Crippen LogP contribution is -2.22. The smallest absolute Gasteiger partial charge is 0.338 e. The third-order valence-electron chi connectivity index (χ3n) is 4.98. The monoisotopic (exact) mass is 416 g/mol. The second-order valence-corrected chi connectivity index (χ2v) is 7.77. The number of hydrogen-bond donors (Lipinski definition) is 0. The van der Waals surface area contributed by atoms with Crippen molar-refractivity contribution in [1.82, 2.24) is 0 Å². The molecule has 0 radical (unpaired) electrons. The number of unbranched alkanes of at least 4 members (excludes halogenated alkanes) is 1. The first-order chi connectivity index (χ1) is 14.9. The third kappa shape index (κ3) is 7.86. The van der Waals surface area contributed by atoms with E-state index in [0.717, 1.165) is 29.5 Å². The van der Waals surface area contributed by atoms with Crippen LogP contribution in [0.25, 0.3) is 0 Å². The van der Waals surface area contributed by atoms with E-state index >= 15 is 0 Å². The summed E-state index contributed by atoms with van der Waals surface area (Å²) >= 11 is 0. The Kier molecular flexibility index (Phi) is 9.70. The van der Waals surface area contributed by atoms with Crippen molar-refractivity contribution in [2.75, 3.05) is 0 Å². The molecule has 3 nitrogen and oxygen atoms in total. The maximum atomic E-state index is 13.2. The average molecular weight is 417 g/mol. The van der Waals surface area contributed by atoms with Crippen LogP contribution in [-0.2, 0) is 22.4 Å². The highest BCUT2D eigenvalue weighted by molar-refractivity contribution is 5.97. The van der Waals surface area contributed by atoms with Crippen molar-refractivity contribution in [3.8, 4) is 0 Å². The molecule has 3 heteroatoms. The van der Waals surface area contributed by atoms with Gasteiger partial charge < -0.3 is 4.74 Å². The molecule has 0 saturated carbocycles. The van der Waals surface area contributed by atoms with E-state index in [0.29, 0.717) is 24.0 Å². The van der Waals surface area contributed by atoms with Gasteiger partial charge in [0.1, 0.15) is 6.10 Å². The molecule has 0 spiro atoms. The van der Waals surface area contributed by atoms with Crippen LogP contribution < -0.4 is 0 Å². The minimum Gasteiger partial charge on any atom is -0.458 e. The summed E-state index contributed by atoms with van der Waals surface area (Å²) in [4.78, 5) is 25.6. The molecule has 1 atom stereocenters. The van der Waals surface area contributed by atoms with Gasteiger partial charge in [-0.3, -0.25) is 4.79 Å². The molecule has 0 heterocycles. The number of ether oxygens (including phenoxy) is 1. The molecule has 31 heavy (non-hydrogen) atoms. The lowest BCUT2D eigenvalue weighted by atomic mass is 9.95. The Morgan fingerprint density at radius 2 is 1.77 bits per heavy atom. The van der Waals surface area contributed by atoms with E-state index < -0.39 is 5.97 Å². The molecule has 0 aliphatic carbocycles. The molecule has 2 rings (SSSR count). The highest BCUT2D eigenvalue weighted by Gasteiger charge is 2.21. The van der Waals surface area contributed by atoms with Crippen molar-refractivity contribution < 1.29 is 14.3 Å². The number of benzene rings is 2. The van der Waals surface area contributed by atoms with Crippen LogP contribution in [-0.4, -0.2) is 17.9 Å². The van der Waals surface area contributed by atoms with Gasteiger partial charge in [0.2, 0.25) is 0 Å². The molecule has 0 unspecified atom stereocenters. The summed E-state index contributed by atoms with van der Waals surface area (Å²) in [6.45, 7) is 11.3. The van der Waals surface area contributed by atoms with Crippen molar-refractivity contribution in [1.29, 1.82) is 0 Å². The molecular formula is C28H32O3. The largest absolute Gasteiger partial charge is 0.458 e. The minimum atomic E-state index is -0.390. The fraction of sp³-hybridized carbons (Fsp3) is 0.286. The topological polar surface area (TPSA) is 43.4 Å². The van der Waals surface area contributed by atoms with E-state index in [9.17, 15) is 9.59 Å². The van der Waals surface area contributed by atoms with Crippen molar-refractivity contribution in [3.63, 3.8) is 0 Å². The van der Waals surface area contributed by atoms with Gasteiger partial charge in [0.15, 0.2) is 5.78 Å². The van der Waals surface area contributed by atoms with Crippen LogP contribution in [0.2, 0.25) is 0 Å². The van der Waals surface area contributed by atoms with Gasteiger partial charge in [-0.15, -0.1) is 13.2 Å². The van der Waals surface area contributed by atoms with Crippen molar-refractivity contribution in [3.05, 3.63) is 108 Å². The van der Waals surface area contributed by atoms with Crippen LogP contribution in [0.3, 0.4) is 0 Å². The molecule has 2 aromatic carbocycles. The molecule has 0 bridgehead atoms. The Hall–Kier alpha value is -3.20. The number of esters is 1. The van der Waals surface area contributed by atoms with Gasteiger partial charge in [0.05, 0.1) is 5.56 Å². The summed E-state index contributed by atoms with van der Waals surface area (Å²) in [6, 6.07) is 13.8. The van der Waals surface area contributed by atoms with Crippen LogP contribution in [0.4, 0.5) is 0 Å². The highest BCUT2D eigenvalue weighted by Crippen LogP contribution is 2.21. The average Bonchev–Trinajstić information content (AvgIpc) is 2.71. The number of carbonyl (C=O) groups is 2. The fourth-order valence-electron chi connectivity index (χ4n) is 3.61. The Morgan fingerprint density at radius 3 is 2.45 bits per heavy atom. The molecule has 0 saturated heterocycles. The first kappa shape index (κ1) is 24.1. The molecule has 0 fully saturated rings. The van der Waals surface area contributed by atoms with E-state index in [1.807, 2.05) is 68.5 Å². The van der Waals surface area contributed by atoms with Crippen LogP contribution in [0.15, 0.2) is 79.9 Å². The summed E-state index contributed by atoms with van der Waals surface area (Å²) < 4.78 is 5.89. The first-order valence-electron chi connectivity index (χ1n) is 10.7. The number of hydrogen-bond acceptors (Lipinski definition) is 3. The molecule has 0 aromatic heterocycles. The predicted molar refractivity (Wildman–Crippen MR) is 127 cm³/mol. The molecule has 0 aliphatic heterocycles. The quantitative estimate of drug-likeness (QED) is 0.177. The van der Waals surface area contributed by atoms with Gasteiger partial charge in [-0.1, -0.05) is 66.3 Å². The standard InChI is InChI=1S/C28H32O3/c1-5-7-8-12-16-25(29)20-24-18-21(3)17-22(4)27(24)28(30)31-26(13-6-2)19-23-14-10-9-11-15-23/h5-6,9-12,14-18,26H,1-2,7-8,13,19-20H2,3-4H3/b16-12+/t26-/m0/s1. The fourth-order valence-corrected chi connectivity index (χ4v) is 3.61.